The molecular weight excluding hydrogens is 526 g/mol. The molecule has 38 heavy (non-hydrogen) atoms. The summed E-state index contributed by atoms with van der Waals surface area (Å²) in [4.78, 5) is 11.2. The third-order valence-electron chi connectivity index (χ3n) is 6.61. The van der Waals surface area contributed by atoms with Crippen LogP contribution in [0, 0.1) is 5.92 Å². The fourth-order valence-electron chi connectivity index (χ4n) is 4.65. The molecule has 1 aliphatic rings. The molecule has 0 saturated carbocycles. The molecule has 3 N–H and O–H groups in total. The highest BCUT2D eigenvalue weighted by Crippen LogP contribution is 2.34. The third kappa shape index (κ3) is 7.49. The number of ether oxygens (including phenoxy) is 1. The summed E-state index contributed by atoms with van der Waals surface area (Å²) in [5, 5.41) is 15.7. The number of benzene rings is 2. The molecule has 204 valence electrons. The van der Waals surface area contributed by atoms with Gasteiger partial charge in [0.1, 0.15) is 10.8 Å². The van der Waals surface area contributed by atoms with Crippen molar-refractivity contribution in [1.29, 1.82) is 0 Å². The first-order chi connectivity index (χ1) is 18.3. The molecule has 1 saturated heterocycles. The average Bonchev–Trinajstić information content (AvgIpc) is 2.90. The van der Waals surface area contributed by atoms with Crippen molar-refractivity contribution in [2.45, 2.75) is 31.4 Å². The summed E-state index contributed by atoms with van der Waals surface area (Å²) in [5.41, 5.74) is 3.02. The lowest BCUT2D eigenvalue weighted by Gasteiger charge is -2.34. The van der Waals surface area contributed by atoms with Gasteiger partial charge in [-0.15, -0.1) is 0 Å². The van der Waals surface area contributed by atoms with Crippen LogP contribution in [0.5, 0.6) is 5.75 Å². The van der Waals surface area contributed by atoms with Crippen LogP contribution in [0.2, 0.25) is 5.02 Å². The lowest BCUT2D eigenvalue weighted by Crippen LogP contribution is -2.33. The molecule has 2 heterocycles. The molecular formula is C27H34ClN5O4S. The summed E-state index contributed by atoms with van der Waals surface area (Å²) in [6, 6.07) is 13.1. The van der Waals surface area contributed by atoms with Crippen LogP contribution in [0.15, 0.2) is 48.7 Å². The number of hydrogen-bond acceptors (Lipinski definition) is 9. The number of aromatic nitrogens is 2. The predicted octanol–water partition coefficient (Wildman–Crippen LogP) is 5.16. The number of aliphatic hydroxyl groups is 1. The molecule has 1 aromatic heterocycles. The van der Waals surface area contributed by atoms with Crippen molar-refractivity contribution in [3.63, 3.8) is 0 Å². The maximum Gasteiger partial charge on any atom is 0.229 e. The molecule has 0 bridgehead atoms. The molecule has 4 rings (SSSR count). The maximum atomic E-state index is 11.9. The SMILES string of the molecule is COc1cc(N2CCC(CCCO)CC2)ccc1Nc1ncc(Cl)c(Nc2ccccc2CS(C)(=O)=O)n1. The van der Waals surface area contributed by atoms with E-state index in [1.54, 1.807) is 25.3 Å². The second kappa shape index (κ2) is 12.6. The first-order valence-electron chi connectivity index (χ1n) is 12.6. The van der Waals surface area contributed by atoms with E-state index in [4.69, 9.17) is 21.4 Å². The molecule has 0 aliphatic carbocycles. The Hall–Kier alpha value is -3.08. The van der Waals surface area contributed by atoms with Crippen molar-refractivity contribution in [1.82, 2.24) is 9.97 Å². The fraction of sp³-hybridized carbons (Fsp3) is 0.407. The van der Waals surface area contributed by atoms with E-state index in [2.05, 4.69) is 31.6 Å². The monoisotopic (exact) mass is 559 g/mol. The molecule has 0 radical (unpaired) electrons. The molecule has 9 nitrogen and oxygen atoms in total. The van der Waals surface area contributed by atoms with E-state index in [1.807, 2.05) is 18.2 Å². The number of anilines is 5. The minimum absolute atomic E-state index is 0.103. The molecule has 0 amide bonds. The number of sulfone groups is 1. The van der Waals surface area contributed by atoms with E-state index in [0.29, 0.717) is 45.4 Å². The smallest absolute Gasteiger partial charge is 0.229 e. The van der Waals surface area contributed by atoms with Crippen LogP contribution in [-0.2, 0) is 15.6 Å². The first kappa shape index (κ1) is 27.9. The Labute approximate surface area is 229 Å². The molecule has 0 spiro atoms. The van der Waals surface area contributed by atoms with Crippen molar-refractivity contribution >= 4 is 50.3 Å². The van der Waals surface area contributed by atoms with Crippen molar-refractivity contribution in [3.8, 4) is 5.75 Å². The standard InChI is InChI=1S/C27H34ClN5O4S/c1-37-25-16-21(33-13-11-19(12-14-33)6-5-15-34)9-10-24(25)31-27-29-17-22(28)26(32-27)30-23-8-4-3-7-20(23)18-38(2,35)36/h3-4,7-10,16-17,19,34H,5-6,11-15,18H2,1-2H3,(H2,29,30,31,32). The highest BCUT2D eigenvalue weighted by Gasteiger charge is 2.20. The summed E-state index contributed by atoms with van der Waals surface area (Å²) in [6.45, 7) is 2.21. The zero-order chi connectivity index (χ0) is 27.1. The summed E-state index contributed by atoms with van der Waals surface area (Å²) in [6.07, 6.45) is 6.87. The van der Waals surface area contributed by atoms with Gasteiger partial charge in [-0.1, -0.05) is 29.8 Å². The lowest BCUT2D eigenvalue weighted by molar-refractivity contribution is 0.261. The lowest BCUT2D eigenvalue weighted by atomic mass is 9.92. The molecule has 1 fully saturated rings. The number of halogens is 1. The van der Waals surface area contributed by atoms with E-state index in [1.165, 1.54) is 12.5 Å². The summed E-state index contributed by atoms with van der Waals surface area (Å²) in [5.74, 6) is 1.90. The molecule has 11 heteroatoms. The van der Waals surface area contributed by atoms with Gasteiger partial charge < -0.3 is 25.4 Å². The Bertz CT molecular complexity index is 1350. The van der Waals surface area contributed by atoms with Gasteiger partial charge in [-0.05, 0) is 55.4 Å². The van der Waals surface area contributed by atoms with E-state index in [-0.39, 0.29) is 12.4 Å². The highest BCUT2D eigenvalue weighted by molar-refractivity contribution is 7.89. The van der Waals surface area contributed by atoms with E-state index < -0.39 is 9.84 Å². The number of aliphatic hydroxyl groups excluding tert-OH is 1. The van der Waals surface area contributed by atoms with Crippen LogP contribution in [0.4, 0.5) is 28.8 Å². The van der Waals surface area contributed by atoms with E-state index >= 15 is 0 Å². The van der Waals surface area contributed by atoms with Crippen LogP contribution in [0.1, 0.15) is 31.2 Å². The molecule has 0 atom stereocenters. The van der Waals surface area contributed by atoms with Crippen molar-refractivity contribution in [2.24, 2.45) is 5.92 Å². The zero-order valence-corrected chi connectivity index (χ0v) is 23.2. The Balaban J connectivity index is 1.48. The van der Waals surface area contributed by atoms with Crippen LogP contribution < -0.4 is 20.3 Å². The van der Waals surface area contributed by atoms with Gasteiger partial charge in [0.15, 0.2) is 15.7 Å². The molecule has 3 aromatic rings. The molecule has 2 aromatic carbocycles. The van der Waals surface area contributed by atoms with Crippen molar-refractivity contribution in [2.75, 3.05) is 48.6 Å². The Morgan fingerprint density at radius 1 is 1.13 bits per heavy atom. The van der Waals surface area contributed by atoms with Crippen LogP contribution in [-0.4, -0.2) is 56.6 Å². The van der Waals surface area contributed by atoms with E-state index in [0.717, 1.165) is 44.5 Å². The van der Waals surface area contributed by atoms with Crippen LogP contribution >= 0.6 is 11.6 Å². The van der Waals surface area contributed by atoms with Crippen LogP contribution in [0.3, 0.4) is 0 Å². The van der Waals surface area contributed by atoms with Crippen LogP contribution in [0.25, 0.3) is 0 Å². The summed E-state index contributed by atoms with van der Waals surface area (Å²) >= 11 is 6.36. The van der Waals surface area contributed by atoms with Crippen molar-refractivity contribution < 1.29 is 18.3 Å². The first-order valence-corrected chi connectivity index (χ1v) is 15.1. The van der Waals surface area contributed by atoms with Crippen molar-refractivity contribution in [3.05, 3.63) is 59.2 Å². The number of hydrogen-bond donors (Lipinski definition) is 3. The summed E-state index contributed by atoms with van der Waals surface area (Å²) in [7, 11) is -1.60. The van der Waals surface area contributed by atoms with Gasteiger partial charge in [0.05, 0.1) is 24.7 Å². The Morgan fingerprint density at radius 2 is 1.89 bits per heavy atom. The fourth-order valence-corrected chi connectivity index (χ4v) is 5.61. The molecule has 1 aliphatic heterocycles. The minimum Gasteiger partial charge on any atom is -0.494 e. The van der Waals surface area contributed by atoms with Gasteiger partial charge in [0.2, 0.25) is 5.95 Å². The number of para-hydroxylation sites is 1. The van der Waals surface area contributed by atoms with Gasteiger partial charge in [0.25, 0.3) is 0 Å². The Morgan fingerprint density at radius 3 is 2.61 bits per heavy atom. The Kier molecular flexibility index (Phi) is 9.30. The van der Waals surface area contributed by atoms with Gasteiger partial charge in [-0.25, -0.2) is 13.4 Å². The highest BCUT2D eigenvalue weighted by atomic mass is 35.5. The van der Waals surface area contributed by atoms with Gasteiger partial charge >= 0.3 is 0 Å². The number of nitrogens with one attached hydrogen (secondary N) is 2. The quantitative estimate of drug-likeness (QED) is 0.293. The topological polar surface area (TPSA) is 117 Å². The summed E-state index contributed by atoms with van der Waals surface area (Å²) < 4.78 is 29.4. The number of nitrogens with zero attached hydrogens (tertiary/aromatic N) is 3. The largest absolute Gasteiger partial charge is 0.494 e. The number of rotatable bonds is 11. The second-order valence-corrected chi connectivity index (χ2v) is 12.1. The zero-order valence-electron chi connectivity index (χ0n) is 21.7. The van der Waals surface area contributed by atoms with E-state index in [9.17, 15) is 8.42 Å². The number of methoxy groups -OCH3 is 1. The normalized spacial score (nSPS) is 14.4. The van der Waals surface area contributed by atoms with Gasteiger partial charge in [-0.3, -0.25) is 0 Å². The predicted molar refractivity (Wildman–Crippen MR) is 153 cm³/mol. The number of piperidine rings is 1. The van der Waals surface area contributed by atoms with Gasteiger partial charge in [-0.2, -0.15) is 4.98 Å². The third-order valence-corrected chi connectivity index (χ3v) is 7.73. The average molecular weight is 560 g/mol. The minimum atomic E-state index is -3.22. The maximum absolute atomic E-state index is 11.9. The second-order valence-electron chi connectivity index (χ2n) is 9.55. The van der Waals surface area contributed by atoms with Gasteiger partial charge in [0, 0.05) is 43.4 Å². The molecule has 0 unspecified atom stereocenters.